The molecule has 4 nitrogen and oxygen atoms in total. The number of hydrogen-bond donors (Lipinski definition) is 1. The van der Waals surface area contributed by atoms with Crippen molar-refractivity contribution in [1.29, 1.82) is 0 Å². The standard InChI is InChI=1S/C16H16ClNO3S2/c17-13-7-5-11(6-8-13)14(10-18-16(19)12-3-4-12)23(20,21)15-2-1-9-22-15/h1-2,5-9,12,14H,3-4,10H2,(H,18,19)/t14-/m0/s1. The second kappa shape index (κ2) is 6.63. The Hall–Kier alpha value is -1.37. The van der Waals surface area contributed by atoms with Gasteiger partial charge in [-0.1, -0.05) is 29.8 Å². The fourth-order valence-electron chi connectivity index (χ4n) is 2.33. The van der Waals surface area contributed by atoms with Crippen molar-refractivity contribution >= 4 is 38.7 Å². The number of benzene rings is 1. The van der Waals surface area contributed by atoms with Crippen molar-refractivity contribution in [3.8, 4) is 0 Å². The van der Waals surface area contributed by atoms with Crippen molar-refractivity contribution in [2.45, 2.75) is 22.3 Å². The summed E-state index contributed by atoms with van der Waals surface area (Å²) in [5.74, 6) is -0.0179. The Labute approximate surface area is 144 Å². The molecule has 1 aromatic carbocycles. The number of nitrogens with one attached hydrogen (secondary N) is 1. The molecule has 122 valence electrons. The molecule has 1 atom stereocenters. The molecule has 1 fully saturated rings. The summed E-state index contributed by atoms with van der Waals surface area (Å²) < 4.78 is 26.1. The minimum Gasteiger partial charge on any atom is -0.354 e. The summed E-state index contributed by atoms with van der Waals surface area (Å²) in [5.41, 5.74) is 0.624. The van der Waals surface area contributed by atoms with Gasteiger partial charge in [0.15, 0.2) is 9.84 Å². The van der Waals surface area contributed by atoms with E-state index in [1.807, 2.05) is 0 Å². The van der Waals surface area contributed by atoms with E-state index in [1.165, 1.54) is 11.3 Å². The predicted molar refractivity (Wildman–Crippen MR) is 91.4 cm³/mol. The molecular formula is C16H16ClNO3S2. The van der Waals surface area contributed by atoms with Gasteiger partial charge in [-0.05, 0) is 42.0 Å². The van der Waals surface area contributed by atoms with E-state index in [-0.39, 0.29) is 18.4 Å². The molecular weight excluding hydrogens is 354 g/mol. The number of carbonyl (C=O) groups excluding carboxylic acids is 1. The molecule has 7 heteroatoms. The van der Waals surface area contributed by atoms with E-state index in [9.17, 15) is 13.2 Å². The number of amides is 1. The van der Waals surface area contributed by atoms with E-state index in [2.05, 4.69) is 5.32 Å². The fourth-order valence-corrected chi connectivity index (χ4v) is 5.33. The van der Waals surface area contributed by atoms with Crippen LogP contribution in [0.15, 0.2) is 46.0 Å². The van der Waals surface area contributed by atoms with Gasteiger partial charge < -0.3 is 5.32 Å². The van der Waals surface area contributed by atoms with Gasteiger partial charge in [0.1, 0.15) is 9.46 Å². The summed E-state index contributed by atoms with van der Waals surface area (Å²) in [6.45, 7) is 0.0667. The van der Waals surface area contributed by atoms with Gasteiger partial charge in [-0.3, -0.25) is 4.79 Å². The SMILES string of the molecule is O=C(NC[C@@H](c1ccc(Cl)cc1)S(=O)(=O)c1cccs1)C1CC1. The first-order valence-electron chi connectivity index (χ1n) is 7.29. The Morgan fingerprint density at radius 3 is 2.52 bits per heavy atom. The van der Waals surface area contributed by atoms with Crippen molar-refractivity contribution in [3.63, 3.8) is 0 Å². The highest BCUT2D eigenvalue weighted by Gasteiger charge is 2.33. The van der Waals surface area contributed by atoms with Crippen LogP contribution >= 0.6 is 22.9 Å². The van der Waals surface area contributed by atoms with Gasteiger partial charge in [0.05, 0.1) is 0 Å². The second-order valence-electron chi connectivity index (χ2n) is 5.54. The number of thiophene rings is 1. The molecule has 2 aromatic rings. The lowest BCUT2D eigenvalue weighted by Gasteiger charge is -2.18. The summed E-state index contributed by atoms with van der Waals surface area (Å²) in [6, 6.07) is 10.0. The number of sulfone groups is 1. The van der Waals surface area contributed by atoms with Gasteiger partial charge in [0.2, 0.25) is 5.91 Å². The van der Waals surface area contributed by atoms with Crippen LogP contribution in [0, 0.1) is 5.92 Å². The maximum Gasteiger partial charge on any atom is 0.223 e. The van der Waals surface area contributed by atoms with Crippen LogP contribution in [-0.4, -0.2) is 20.9 Å². The van der Waals surface area contributed by atoms with E-state index in [4.69, 9.17) is 11.6 Å². The van der Waals surface area contributed by atoms with E-state index >= 15 is 0 Å². The average molecular weight is 370 g/mol. The summed E-state index contributed by atoms with van der Waals surface area (Å²) >= 11 is 7.07. The molecule has 1 aromatic heterocycles. The van der Waals surface area contributed by atoms with E-state index in [0.717, 1.165) is 12.8 Å². The van der Waals surface area contributed by atoms with Crippen molar-refractivity contribution in [2.24, 2.45) is 5.92 Å². The zero-order valence-corrected chi connectivity index (χ0v) is 14.6. The monoisotopic (exact) mass is 369 g/mol. The minimum atomic E-state index is -3.56. The van der Waals surface area contributed by atoms with Crippen molar-refractivity contribution in [2.75, 3.05) is 6.54 Å². The maximum absolute atomic E-state index is 12.9. The molecule has 1 heterocycles. The molecule has 1 amide bonds. The normalized spacial score (nSPS) is 16.0. The molecule has 1 saturated carbocycles. The van der Waals surface area contributed by atoms with Crippen LogP contribution in [0.25, 0.3) is 0 Å². The van der Waals surface area contributed by atoms with Crippen LogP contribution in [0.5, 0.6) is 0 Å². The first-order chi connectivity index (χ1) is 11.0. The largest absolute Gasteiger partial charge is 0.354 e. The Bertz CT molecular complexity index is 781. The Balaban J connectivity index is 1.89. The number of carbonyl (C=O) groups is 1. The van der Waals surface area contributed by atoms with Crippen LogP contribution in [0.3, 0.4) is 0 Å². The van der Waals surface area contributed by atoms with Crippen LogP contribution in [-0.2, 0) is 14.6 Å². The third-order valence-electron chi connectivity index (χ3n) is 3.80. The Morgan fingerprint density at radius 1 is 1.26 bits per heavy atom. The molecule has 0 spiro atoms. The third kappa shape index (κ3) is 3.76. The fraction of sp³-hybridized carbons (Fsp3) is 0.312. The third-order valence-corrected chi connectivity index (χ3v) is 7.59. The van der Waals surface area contributed by atoms with Gasteiger partial charge in [-0.2, -0.15) is 0 Å². The zero-order valence-electron chi connectivity index (χ0n) is 12.2. The van der Waals surface area contributed by atoms with Gasteiger partial charge in [0, 0.05) is 17.5 Å². The molecule has 1 aliphatic rings. The first-order valence-corrected chi connectivity index (χ1v) is 10.1. The van der Waals surface area contributed by atoms with Crippen molar-refractivity contribution < 1.29 is 13.2 Å². The highest BCUT2D eigenvalue weighted by molar-refractivity contribution is 7.93. The molecule has 0 unspecified atom stereocenters. The maximum atomic E-state index is 12.9. The van der Waals surface area contributed by atoms with Gasteiger partial charge in [-0.15, -0.1) is 11.3 Å². The van der Waals surface area contributed by atoms with E-state index < -0.39 is 15.1 Å². The number of halogens is 1. The van der Waals surface area contributed by atoms with Crippen molar-refractivity contribution in [1.82, 2.24) is 5.32 Å². The van der Waals surface area contributed by atoms with E-state index in [0.29, 0.717) is 14.8 Å². The summed E-state index contributed by atoms with van der Waals surface area (Å²) in [5, 5.41) is 4.24. The Morgan fingerprint density at radius 2 is 1.96 bits per heavy atom. The van der Waals surface area contributed by atoms with Crippen LogP contribution in [0.4, 0.5) is 0 Å². The number of hydrogen-bond acceptors (Lipinski definition) is 4. The van der Waals surface area contributed by atoms with Gasteiger partial charge in [-0.25, -0.2) is 8.42 Å². The van der Waals surface area contributed by atoms with E-state index in [1.54, 1.807) is 41.8 Å². The lowest BCUT2D eigenvalue weighted by atomic mass is 10.1. The van der Waals surface area contributed by atoms with Crippen LogP contribution in [0.1, 0.15) is 23.7 Å². The predicted octanol–water partition coefficient (Wildman–Crippen LogP) is 3.44. The minimum absolute atomic E-state index is 0.0466. The topological polar surface area (TPSA) is 63.2 Å². The highest BCUT2D eigenvalue weighted by atomic mass is 35.5. The lowest BCUT2D eigenvalue weighted by molar-refractivity contribution is -0.122. The van der Waals surface area contributed by atoms with Crippen LogP contribution < -0.4 is 5.32 Å². The summed E-state index contributed by atoms with van der Waals surface area (Å²) in [4.78, 5) is 11.9. The molecule has 0 bridgehead atoms. The first kappa shape index (κ1) is 16.5. The van der Waals surface area contributed by atoms with Gasteiger partial charge >= 0.3 is 0 Å². The lowest BCUT2D eigenvalue weighted by Crippen LogP contribution is -2.32. The average Bonchev–Trinajstić information content (AvgIpc) is 3.22. The number of rotatable bonds is 6. The van der Waals surface area contributed by atoms with Gasteiger partial charge in [0.25, 0.3) is 0 Å². The molecule has 0 saturated heterocycles. The molecule has 3 rings (SSSR count). The molecule has 23 heavy (non-hydrogen) atoms. The summed E-state index contributed by atoms with van der Waals surface area (Å²) in [7, 11) is -3.56. The molecule has 1 aliphatic carbocycles. The molecule has 0 aliphatic heterocycles. The molecule has 0 radical (unpaired) electrons. The Kier molecular flexibility index (Phi) is 4.75. The quantitative estimate of drug-likeness (QED) is 0.848. The second-order valence-corrected chi connectivity index (χ2v) is 9.28. The zero-order chi connectivity index (χ0) is 16.4. The smallest absolute Gasteiger partial charge is 0.223 e. The summed E-state index contributed by atoms with van der Waals surface area (Å²) in [6.07, 6.45) is 1.77. The molecule has 1 N–H and O–H groups in total. The highest BCUT2D eigenvalue weighted by Crippen LogP contribution is 2.33. The van der Waals surface area contributed by atoms with Crippen LogP contribution in [0.2, 0.25) is 5.02 Å². The van der Waals surface area contributed by atoms with Crippen molar-refractivity contribution in [3.05, 3.63) is 52.4 Å².